The molecule has 1 aromatic rings. The lowest BCUT2D eigenvalue weighted by Crippen LogP contribution is -2.39. The topological polar surface area (TPSA) is 55.5 Å². The number of rotatable bonds is 5. The summed E-state index contributed by atoms with van der Waals surface area (Å²) in [6, 6.07) is 7.80. The van der Waals surface area contributed by atoms with Crippen LogP contribution in [0.15, 0.2) is 24.3 Å². The van der Waals surface area contributed by atoms with Gasteiger partial charge in [-0.3, -0.25) is 0 Å². The molecule has 0 saturated heterocycles. The monoisotopic (exact) mass is 223 g/mol. The molecule has 0 aliphatic heterocycles. The molecular weight excluding hydrogens is 202 g/mol. The van der Waals surface area contributed by atoms with Crippen LogP contribution in [0.25, 0.3) is 0 Å². The van der Waals surface area contributed by atoms with E-state index in [1.54, 1.807) is 6.92 Å². The Balaban J connectivity index is 2.75. The molecule has 1 rings (SSSR count). The summed E-state index contributed by atoms with van der Waals surface area (Å²) in [5.74, 6) is 0.909. The first kappa shape index (κ1) is 13.0. The zero-order valence-corrected chi connectivity index (χ0v) is 10.2. The number of nitrogens with two attached hydrogens (primary N) is 1. The number of aliphatic hydroxyl groups is 1. The lowest BCUT2D eigenvalue weighted by Gasteiger charge is -2.26. The van der Waals surface area contributed by atoms with Crippen LogP contribution in [0.1, 0.15) is 19.4 Å². The largest absolute Gasteiger partial charge is 0.487 e. The van der Waals surface area contributed by atoms with Crippen molar-refractivity contribution >= 4 is 0 Å². The summed E-state index contributed by atoms with van der Waals surface area (Å²) in [5, 5.41) is 9.66. The van der Waals surface area contributed by atoms with Crippen molar-refractivity contribution in [3.63, 3.8) is 0 Å². The van der Waals surface area contributed by atoms with E-state index in [2.05, 4.69) is 0 Å². The van der Waals surface area contributed by atoms with Gasteiger partial charge in [-0.2, -0.15) is 0 Å². The van der Waals surface area contributed by atoms with Crippen molar-refractivity contribution in [2.75, 3.05) is 6.54 Å². The molecule has 0 bridgehead atoms. The fourth-order valence-electron chi connectivity index (χ4n) is 1.67. The summed E-state index contributed by atoms with van der Waals surface area (Å²) in [6.45, 7) is 6.22. The van der Waals surface area contributed by atoms with E-state index in [0.717, 1.165) is 11.3 Å². The Bertz CT molecular complexity index is 325. The summed E-state index contributed by atoms with van der Waals surface area (Å²) >= 11 is 0. The Morgan fingerprint density at radius 1 is 1.38 bits per heavy atom. The molecule has 16 heavy (non-hydrogen) atoms. The second-order valence-corrected chi connectivity index (χ2v) is 4.35. The first-order valence-corrected chi connectivity index (χ1v) is 5.66. The van der Waals surface area contributed by atoms with Gasteiger partial charge in [0.1, 0.15) is 11.9 Å². The number of aryl methyl sites for hydroxylation is 1. The van der Waals surface area contributed by atoms with Crippen LogP contribution in [0.4, 0.5) is 0 Å². The van der Waals surface area contributed by atoms with E-state index < -0.39 is 6.10 Å². The van der Waals surface area contributed by atoms with Gasteiger partial charge in [0, 0.05) is 5.92 Å². The summed E-state index contributed by atoms with van der Waals surface area (Å²) in [7, 11) is 0. The molecule has 3 unspecified atom stereocenters. The third kappa shape index (κ3) is 3.51. The SMILES string of the molecule is Cc1cccc(OC(C(C)O)C(C)CN)c1. The first-order chi connectivity index (χ1) is 7.54. The van der Waals surface area contributed by atoms with Crippen LogP contribution in [0.5, 0.6) is 5.75 Å². The van der Waals surface area contributed by atoms with Gasteiger partial charge < -0.3 is 15.6 Å². The molecule has 3 atom stereocenters. The lowest BCUT2D eigenvalue weighted by atomic mass is 10.0. The van der Waals surface area contributed by atoms with Crippen molar-refractivity contribution in [3.05, 3.63) is 29.8 Å². The summed E-state index contributed by atoms with van der Waals surface area (Å²) in [4.78, 5) is 0. The van der Waals surface area contributed by atoms with Gasteiger partial charge in [-0.1, -0.05) is 19.1 Å². The third-order valence-electron chi connectivity index (χ3n) is 2.67. The Hall–Kier alpha value is -1.06. The highest BCUT2D eigenvalue weighted by Gasteiger charge is 2.23. The molecule has 0 aliphatic carbocycles. The number of hydrogen-bond donors (Lipinski definition) is 2. The fraction of sp³-hybridized carbons (Fsp3) is 0.538. The number of ether oxygens (including phenoxy) is 1. The quantitative estimate of drug-likeness (QED) is 0.799. The van der Waals surface area contributed by atoms with Crippen molar-refractivity contribution in [1.29, 1.82) is 0 Å². The van der Waals surface area contributed by atoms with E-state index >= 15 is 0 Å². The summed E-state index contributed by atoms with van der Waals surface area (Å²) < 4.78 is 5.78. The normalized spacial score (nSPS) is 16.6. The molecular formula is C13H21NO2. The molecule has 1 aromatic carbocycles. The van der Waals surface area contributed by atoms with Gasteiger partial charge in [-0.25, -0.2) is 0 Å². The van der Waals surface area contributed by atoms with Gasteiger partial charge in [0.05, 0.1) is 6.10 Å². The van der Waals surface area contributed by atoms with Gasteiger partial charge in [0.2, 0.25) is 0 Å². The van der Waals surface area contributed by atoms with E-state index in [1.165, 1.54) is 0 Å². The zero-order valence-electron chi connectivity index (χ0n) is 10.2. The highest BCUT2D eigenvalue weighted by atomic mass is 16.5. The van der Waals surface area contributed by atoms with Gasteiger partial charge in [0.25, 0.3) is 0 Å². The van der Waals surface area contributed by atoms with E-state index in [0.29, 0.717) is 6.54 Å². The molecule has 0 saturated carbocycles. The maximum absolute atomic E-state index is 9.66. The molecule has 0 fully saturated rings. The predicted octanol–water partition coefficient (Wildman–Crippen LogP) is 1.72. The van der Waals surface area contributed by atoms with Gasteiger partial charge in [-0.05, 0) is 38.1 Å². The Morgan fingerprint density at radius 3 is 2.56 bits per heavy atom. The fourth-order valence-corrected chi connectivity index (χ4v) is 1.67. The molecule has 3 heteroatoms. The van der Waals surface area contributed by atoms with Gasteiger partial charge in [0.15, 0.2) is 0 Å². The van der Waals surface area contributed by atoms with Crippen LogP contribution in [0.3, 0.4) is 0 Å². The first-order valence-electron chi connectivity index (χ1n) is 5.66. The Kier molecular flexibility index (Phi) is 4.77. The van der Waals surface area contributed by atoms with Crippen LogP contribution in [0, 0.1) is 12.8 Å². The minimum Gasteiger partial charge on any atom is -0.487 e. The van der Waals surface area contributed by atoms with Crippen LogP contribution < -0.4 is 10.5 Å². The van der Waals surface area contributed by atoms with E-state index in [-0.39, 0.29) is 12.0 Å². The third-order valence-corrected chi connectivity index (χ3v) is 2.67. The van der Waals surface area contributed by atoms with Crippen molar-refractivity contribution < 1.29 is 9.84 Å². The van der Waals surface area contributed by atoms with Crippen molar-refractivity contribution in [1.82, 2.24) is 0 Å². The second kappa shape index (κ2) is 5.87. The average molecular weight is 223 g/mol. The van der Waals surface area contributed by atoms with Gasteiger partial charge >= 0.3 is 0 Å². The molecule has 3 N–H and O–H groups in total. The molecule has 90 valence electrons. The zero-order chi connectivity index (χ0) is 12.1. The molecule has 3 nitrogen and oxygen atoms in total. The number of aliphatic hydroxyl groups excluding tert-OH is 1. The van der Waals surface area contributed by atoms with E-state index in [1.807, 2.05) is 38.1 Å². The number of hydrogen-bond acceptors (Lipinski definition) is 3. The standard InChI is InChI=1S/C13H21NO2/c1-9-5-4-6-12(7-9)16-13(11(3)15)10(2)8-14/h4-7,10-11,13,15H,8,14H2,1-3H3. The molecule has 0 aliphatic rings. The average Bonchev–Trinajstić information content (AvgIpc) is 2.24. The molecule has 0 radical (unpaired) electrons. The molecule has 0 amide bonds. The van der Waals surface area contributed by atoms with Crippen LogP contribution in [-0.2, 0) is 0 Å². The van der Waals surface area contributed by atoms with Crippen molar-refractivity contribution in [3.8, 4) is 5.75 Å². The Labute approximate surface area is 97.2 Å². The molecule has 0 heterocycles. The summed E-state index contributed by atoms with van der Waals surface area (Å²) in [6.07, 6.45) is -0.786. The Morgan fingerprint density at radius 2 is 2.06 bits per heavy atom. The van der Waals surface area contributed by atoms with Crippen LogP contribution in [-0.4, -0.2) is 23.9 Å². The van der Waals surface area contributed by atoms with E-state index in [9.17, 15) is 5.11 Å². The van der Waals surface area contributed by atoms with Crippen molar-refractivity contribution in [2.45, 2.75) is 33.0 Å². The molecule has 0 aromatic heterocycles. The summed E-state index contributed by atoms with van der Waals surface area (Å²) in [5.41, 5.74) is 6.74. The predicted molar refractivity (Wildman–Crippen MR) is 65.5 cm³/mol. The maximum Gasteiger partial charge on any atom is 0.128 e. The smallest absolute Gasteiger partial charge is 0.128 e. The van der Waals surface area contributed by atoms with E-state index in [4.69, 9.17) is 10.5 Å². The lowest BCUT2D eigenvalue weighted by molar-refractivity contribution is 0.0178. The minimum absolute atomic E-state index is 0.125. The van der Waals surface area contributed by atoms with Crippen LogP contribution in [0.2, 0.25) is 0 Å². The second-order valence-electron chi connectivity index (χ2n) is 4.35. The maximum atomic E-state index is 9.66. The number of benzene rings is 1. The highest BCUT2D eigenvalue weighted by molar-refractivity contribution is 5.27. The minimum atomic E-state index is -0.529. The van der Waals surface area contributed by atoms with Crippen LogP contribution >= 0.6 is 0 Å². The molecule has 0 spiro atoms. The highest BCUT2D eigenvalue weighted by Crippen LogP contribution is 2.19. The van der Waals surface area contributed by atoms with Gasteiger partial charge in [-0.15, -0.1) is 0 Å². The van der Waals surface area contributed by atoms with Crippen molar-refractivity contribution in [2.24, 2.45) is 11.7 Å².